The van der Waals surface area contributed by atoms with Crippen LogP contribution in [0.3, 0.4) is 0 Å². The van der Waals surface area contributed by atoms with Gasteiger partial charge < -0.3 is 5.11 Å². The Bertz CT molecular complexity index is 654. The number of benzene rings is 1. The molecule has 0 aromatic heterocycles. The number of likely N-dealkylation sites (tertiary alicyclic amines) is 1. The molecule has 0 spiro atoms. The van der Waals surface area contributed by atoms with Gasteiger partial charge in [0.15, 0.2) is 0 Å². The van der Waals surface area contributed by atoms with E-state index in [2.05, 4.69) is 11.8 Å². The number of aliphatic hydroxyl groups is 1. The number of halogens is 1. The van der Waals surface area contributed by atoms with Gasteiger partial charge in [0, 0.05) is 17.5 Å². The highest BCUT2D eigenvalue weighted by Gasteiger charge is 2.58. The molecule has 2 amide bonds. The lowest BCUT2D eigenvalue weighted by Crippen LogP contribution is -2.32. The zero-order valence-electron chi connectivity index (χ0n) is 11.3. The van der Waals surface area contributed by atoms with Crippen LogP contribution >= 0.6 is 0 Å². The standard InChI is InChI=1S/C16H14FNO3/c17-14-7-10(3-1-2-6-19)4-5-11(14)9-18-15(20)12-8-13(12)16(18)21/h4-5,7,12-13,19H,2,6,8-9H2. The van der Waals surface area contributed by atoms with Crippen LogP contribution in [0, 0.1) is 29.5 Å². The first-order valence-corrected chi connectivity index (χ1v) is 6.85. The summed E-state index contributed by atoms with van der Waals surface area (Å²) in [6.07, 6.45) is 0.985. The van der Waals surface area contributed by atoms with Gasteiger partial charge in [-0.3, -0.25) is 14.5 Å². The first-order valence-electron chi connectivity index (χ1n) is 6.85. The lowest BCUT2D eigenvalue weighted by Gasteiger charge is -2.16. The molecule has 2 aliphatic rings. The Morgan fingerprint density at radius 1 is 1.29 bits per heavy atom. The summed E-state index contributed by atoms with van der Waals surface area (Å²) in [5.41, 5.74) is 0.817. The number of hydrogen-bond acceptors (Lipinski definition) is 3. The molecule has 1 saturated carbocycles. The minimum absolute atomic E-state index is 0.0130. The molecular weight excluding hydrogens is 273 g/mol. The van der Waals surface area contributed by atoms with E-state index in [-0.39, 0.29) is 36.8 Å². The first kappa shape index (κ1) is 13.8. The van der Waals surface area contributed by atoms with Crippen molar-refractivity contribution >= 4 is 11.8 Å². The fourth-order valence-corrected chi connectivity index (χ4v) is 2.55. The monoisotopic (exact) mass is 287 g/mol. The van der Waals surface area contributed by atoms with Crippen molar-refractivity contribution < 1.29 is 19.1 Å². The minimum Gasteiger partial charge on any atom is -0.395 e. The molecule has 108 valence electrons. The van der Waals surface area contributed by atoms with Gasteiger partial charge in [0.05, 0.1) is 25.0 Å². The van der Waals surface area contributed by atoms with E-state index in [1.54, 1.807) is 12.1 Å². The first-order chi connectivity index (χ1) is 10.1. The highest BCUT2D eigenvalue weighted by molar-refractivity contribution is 6.08. The van der Waals surface area contributed by atoms with Crippen molar-refractivity contribution in [3.05, 3.63) is 35.1 Å². The van der Waals surface area contributed by atoms with Crippen molar-refractivity contribution in [1.82, 2.24) is 4.90 Å². The Morgan fingerprint density at radius 3 is 2.62 bits per heavy atom. The normalized spacial score (nSPS) is 22.9. The summed E-state index contributed by atoms with van der Waals surface area (Å²) in [6, 6.07) is 4.47. The predicted octanol–water partition coefficient (Wildman–Crippen LogP) is 1.06. The molecule has 0 bridgehead atoms. The Kier molecular flexibility index (Phi) is 3.48. The fraction of sp³-hybridized carbons (Fsp3) is 0.375. The van der Waals surface area contributed by atoms with Gasteiger partial charge in [-0.25, -0.2) is 4.39 Å². The number of carbonyl (C=O) groups is 2. The van der Waals surface area contributed by atoms with E-state index in [0.717, 1.165) is 4.90 Å². The molecule has 1 aromatic carbocycles. The molecule has 1 aromatic rings. The zero-order valence-corrected chi connectivity index (χ0v) is 11.3. The minimum atomic E-state index is -0.480. The van der Waals surface area contributed by atoms with Gasteiger partial charge in [-0.2, -0.15) is 0 Å². The SMILES string of the molecule is O=C1C2CC2C(=O)N1Cc1ccc(C#CCCO)cc1F. The van der Waals surface area contributed by atoms with Crippen molar-refractivity contribution in [2.75, 3.05) is 6.61 Å². The second-order valence-corrected chi connectivity index (χ2v) is 5.29. The van der Waals surface area contributed by atoms with Gasteiger partial charge in [-0.05, 0) is 18.6 Å². The van der Waals surface area contributed by atoms with Gasteiger partial charge in [0.2, 0.25) is 11.8 Å². The van der Waals surface area contributed by atoms with E-state index < -0.39 is 5.82 Å². The summed E-state index contributed by atoms with van der Waals surface area (Å²) in [5, 5.41) is 8.63. The van der Waals surface area contributed by atoms with Crippen LogP contribution in [-0.4, -0.2) is 28.4 Å². The van der Waals surface area contributed by atoms with Gasteiger partial charge in [0.25, 0.3) is 0 Å². The maximum atomic E-state index is 14.0. The molecule has 21 heavy (non-hydrogen) atoms. The smallest absolute Gasteiger partial charge is 0.233 e. The Labute approximate surface area is 121 Å². The second-order valence-electron chi connectivity index (χ2n) is 5.29. The molecule has 5 heteroatoms. The van der Waals surface area contributed by atoms with Gasteiger partial charge >= 0.3 is 0 Å². The largest absolute Gasteiger partial charge is 0.395 e. The highest BCUT2D eigenvalue weighted by Crippen LogP contribution is 2.47. The van der Waals surface area contributed by atoms with Crippen LogP contribution in [-0.2, 0) is 16.1 Å². The molecule has 1 aliphatic heterocycles. The van der Waals surface area contributed by atoms with Crippen LogP contribution in [0.25, 0.3) is 0 Å². The third kappa shape index (κ3) is 2.55. The van der Waals surface area contributed by atoms with Gasteiger partial charge in [0.1, 0.15) is 5.82 Å². The number of amides is 2. The summed E-state index contributed by atoms with van der Waals surface area (Å²) in [6.45, 7) is -0.0457. The Balaban J connectivity index is 1.73. The van der Waals surface area contributed by atoms with Crippen LogP contribution in [0.1, 0.15) is 24.0 Å². The lowest BCUT2D eigenvalue weighted by molar-refractivity contribution is -0.142. The molecule has 3 rings (SSSR count). The molecule has 1 aliphatic carbocycles. The van der Waals surface area contributed by atoms with E-state index in [9.17, 15) is 14.0 Å². The van der Waals surface area contributed by atoms with Crippen molar-refractivity contribution in [1.29, 1.82) is 0 Å². The Hall–Kier alpha value is -2.19. The molecule has 1 heterocycles. The molecular formula is C16H14FNO3. The highest BCUT2D eigenvalue weighted by atomic mass is 19.1. The number of hydrogen-bond donors (Lipinski definition) is 1. The van der Waals surface area contributed by atoms with Crippen LogP contribution in [0.5, 0.6) is 0 Å². The van der Waals surface area contributed by atoms with Crippen LogP contribution < -0.4 is 0 Å². The molecule has 1 saturated heterocycles. The maximum absolute atomic E-state index is 14.0. The summed E-state index contributed by atoms with van der Waals surface area (Å²) in [7, 11) is 0. The summed E-state index contributed by atoms with van der Waals surface area (Å²) in [5.74, 6) is 4.28. The number of rotatable bonds is 3. The lowest BCUT2D eigenvalue weighted by atomic mass is 10.1. The zero-order chi connectivity index (χ0) is 15.0. The molecule has 2 fully saturated rings. The van der Waals surface area contributed by atoms with Crippen molar-refractivity contribution in [3.8, 4) is 11.8 Å². The number of piperidine rings is 1. The maximum Gasteiger partial charge on any atom is 0.233 e. The van der Waals surface area contributed by atoms with E-state index in [4.69, 9.17) is 5.11 Å². The molecule has 2 unspecified atom stereocenters. The summed E-state index contributed by atoms with van der Waals surface area (Å²) in [4.78, 5) is 24.8. The van der Waals surface area contributed by atoms with E-state index >= 15 is 0 Å². The van der Waals surface area contributed by atoms with Crippen molar-refractivity contribution in [2.45, 2.75) is 19.4 Å². The molecule has 1 N–H and O–H groups in total. The van der Waals surface area contributed by atoms with E-state index in [0.29, 0.717) is 24.0 Å². The number of fused-ring (bicyclic) bond motifs is 1. The third-order valence-electron chi connectivity index (χ3n) is 3.81. The van der Waals surface area contributed by atoms with E-state index in [1.165, 1.54) is 6.07 Å². The molecule has 4 nitrogen and oxygen atoms in total. The predicted molar refractivity (Wildman–Crippen MR) is 72.1 cm³/mol. The van der Waals surface area contributed by atoms with Gasteiger partial charge in [-0.1, -0.05) is 17.9 Å². The van der Waals surface area contributed by atoms with Crippen molar-refractivity contribution in [3.63, 3.8) is 0 Å². The third-order valence-corrected chi connectivity index (χ3v) is 3.81. The number of aliphatic hydroxyl groups excluding tert-OH is 1. The summed E-state index contributed by atoms with van der Waals surface area (Å²) >= 11 is 0. The fourth-order valence-electron chi connectivity index (χ4n) is 2.55. The van der Waals surface area contributed by atoms with Crippen LogP contribution in [0.2, 0.25) is 0 Å². The topological polar surface area (TPSA) is 57.6 Å². The van der Waals surface area contributed by atoms with Crippen molar-refractivity contribution in [2.24, 2.45) is 11.8 Å². The Morgan fingerprint density at radius 2 is 2.00 bits per heavy atom. The average Bonchev–Trinajstić information content (AvgIpc) is 3.21. The van der Waals surface area contributed by atoms with E-state index in [1.807, 2.05) is 0 Å². The second kappa shape index (κ2) is 5.30. The van der Waals surface area contributed by atoms with Crippen LogP contribution in [0.4, 0.5) is 4.39 Å². The number of nitrogens with zero attached hydrogens (tertiary/aromatic N) is 1. The van der Waals surface area contributed by atoms with Crippen LogP contribution in [0.15, 0.2) is 18.2 Å². The molecule has 2 atom stereocenters. The van der Waals surface area contributed by atoms with Gasteiger partial charge in [-0.15, -0.1) is 0 Å². The number of imide groups is 1. The summed E-state index contributed by atoms with van der Waals surface area (Å²) < 4.78 is 14.0. The average molecular weight is 287 g/mol. The molecule has 0 radical (unpaired) electrons. The quantitative estimate of drug-likeness (QED) is 0.668. The number of carbonyl (C=O) groups excluding carboxylic acids is 2.